The SMILES string of the molecule is OCC(O)CNc1nc2ccccc2nc1N1CCCCC1. The monoisotopic (exact) mass is 302 g/mol. The van der Waals surface area contributed by atoms with Gasteiger partial charge in [-0.3, -0.25) is 0 Å². The number of hydrogen-bond acceptors (Lipinski definition) is 6. The second-order valence-electron chi connectivity index (χ2n) is 5.65. The highest BCUT2D eigenvalue weighted by Gasteiger charge is 2.18. The number of para-hydroxylation sites is 2. The van der Waals surface area contributed by atoms with Gasteiger partial charge in [-0.15, -0.1) is 0 Å². The van der Waals surface area contributed by atoms with Gasteiger partial charge in [-0.2, -0.15) is 0 Å². The summed E-state index contributed by atoms with van der Waals surface area (Å²) in [6, 6.07) is 7.78. The van der Waals surface area contributed by atoms with E-state index in [-0.39, 0.29) is 13.2 Å². The maximum absolute atomic E-state index is 9.56. The van der Waals surface area contributed by atoms with Crippen molar-refractivity contribution in [2.75, 3.05) is 36.5 Å². The molecular weight excluding hydrogens is 280 g/mol. The van der Waals surface area contributed by atoms with Gasteiger partial charge >= 0.3 is 0 Å². The molecule has 0 spiro atoms. The smallest absolute Gasteiger partial charge is 0.172 e. The third-order valence-electron chi connectivity index (χ3n) is 3.92. The summed E-state index contributed by atoms with van der Waals surface area (Å²) in [5.41, 5.74) is 1.69. The van der Waals surface area contributed by atoms with E-state index in [9.17, 15) is 5.11 Å². The zero-order chi connectivity index (χ0) is 15.4. The minimum Gasteiger partial charge on any atom is -0.394 e. The summed E-state index contributed by atoms with van der Waals surface area (Å²) in [4.78, 5) is 11.7. The lowest BCUT2D eigenvalue weighted by Crippen LogP contribution is -2.32. The molecule has 2 heterocycles. The molecule has 0 aliphatic carbocycles. The first-order valence-electron chi connectivity index (χ1n) is 7.82. The van der Waals surface area contributed by atoms with E-state index in [1.165, 1.54) is 6.42 Å². The zero-order valence-corrected chi connectivity index (χ0v) is 12.6. The largest absolute Gasteiger partial charge is 0.394 e. The highest BCUT2D eigenvalue weighted by molar-refractivity contribution is 5.80. The maximum atomic E-state index is 9.56. The van der Waals surface area contributed by atoms with Crippen LogP contribution in [-0.4, -0.2) is 52.5 Å². The van der Waals surface area contributed by atoms with Crippen molar-refractivity contribution < 1.29 is 10.2 Å². The molecule has 118 valence electrons. The highest BCUT2D eigenvalue weighted by Crippen LogP contribution is 2.27. The fraction of sp³-hybridized carbons (Fsp3) is 0.500. The number of hydrogen-bond donors (Lipinski definition) is 3. The average molecular weight is 302 g/mol. The van der Waals surface area contributed by atoms with Crippen molar-refractivity contribution in [3.05, 3.63) is 24.3 Å². The molecule has 3 rings (SSSR count). The molecule has 1 saturated heterocycles. The van der Waals surface area contributed by atoms with Crippen molar-refractivity contribution in [2.45, 2.75) is 25.4 Å². The molecule has 6 nitrogen and oxygen atoms in total. The Balaban J connectivity index is 1.94. The van der Waals surface area contributed by atoms with Crippen LogP contribution in [0.2, 0.25) is 0 Å². The van der Waals surface area contributed by atoms with Crippen LogP contribution in [0.4, 0.5) is 11.6 Å². The van der Waals surface area contributed by atoms with Gasteiger partial charge in [0.25, 0.3) is 0 Å². The zero-order valence-electron chi connectivity index (χ0n) is 12.6. The summed E-state index contributed by atoms with van der Waals surface area (Å²) in [6.45, 7) is 1.94. The lowest BCUT2D eigenvalue weighted by molar-refractivity contribution is 0.105. The normalized spacial score (nSPS) is 16.7. The molecule has 1 atom stereocenters. The van der Waals surface area contributed by atoms with E-state index < -0.39 is 6.10 Å². The minimum atomic E-state index is -0.803. The number of aliphatic hydroxyl groups excluding tert-OH is 2. The van der Waals surface area contributed by atoms with Gasteiger partial charge in [0.05, 0.1) is 23.7 Å². The second-order valence-corrected chi connectivity index (χ2v) is 5.65. The van der Waals surface area contributed by atoms with Crippen molar-refractivity contribution in [3.63, 3.8) is 0 Å². The van der Waals surface area contributed by atoms with Gasteiger partial charge in [-0.1, -0.05) is 12.1 Å². The van der Waals surface area contributed by atoms with E-state index in [2.05, 4.69) is 15.2 Å². The van der Waals surface area contributed by atoms with Crippen LogP contribution in [0.25, 0.3) is 11.0 Å². The Kier molecular flexibility index (Phi) is 4.70. The molecule has 0 radical (unpaired) electrons. The highest BCUT2D eigenvalue weighted by atomic mass is 16.3. The van der Waals surface area contributed by atoms with E-state index in [0.29, 0.717) is 5.82 Å². The molecule has 1 aliphatic heterocycles. The summed E-state index contributed by atoms with van der Waals surface area (Å²) in [5.74, 6) is 1.51. The number of fused-ring (bicyclic) bond motifs is 1. The summed E-state index contributed by atoms with van der Waals surface area (Å²) in [5, 5.41) is 21.7. The van der Waals surface area contributed by atoms with Crippen LogP contribution in [0.5, 0.6) is 0 Å². The fourth-order valence-corrected chi connectivity index (χ4v) is 2.71. The third kappa shape index (κ3) is 3.28. The quantitative estimate of drug-likeness (QED) is 0.774. The Hall–Kier alpha value is -1.92. The molecule has 2 aromatic rings. The van der Waals surface area contributed by atoms with E-state index in [1.54, 1.807) is 0 Å². The van der Waals surface area contributed by atoms with Gasteiger partial charge in [0.2, 0.25) is 0 Å². The summed E-state index contributed by atoms with van der Waals surface area (Å²) in [6.07, 6.45) is 2.77. The van der Waals surface area contributed by atoms with Gasteiger partial charge in [0.15, 0.2) is 11.6 Å². The topological polar surface area (TPSA) is 81.5 Å². The maximum Gasteiger partial charge on any atom is 0.172 e. The molecule has 3 N–H and O–H groups in total. The molecule has 1 aromatic carbocycles. The van der Waals surface area contributed by atoms with Crippen molar-refractivity contribution in [3.8, 4) is 0 Å². The van der Waals surface area contributed by atoms with Gasteiger partial charge in [-0.05, 0) is 31.4 Å². The lowest BCUT2D eigenvalue weighted by Gasteiger charge is -2.29. The second kappa shape index (κ2) is 6.89. The van der Waals surface area contributed by atoms with Gasteiger partial charge in [0, 0.05) is 19.6 Å². The fourth-order valence-electron chi connectivity index (χ4n) is 2.71. The molecule has 0 amide bonds. The van der Waals surface area contributed by atoms with Gasteiger partial charge in [-0.25, -0.2) is 9.97 Å². The predicted octanol–water partition coefficient (Wildman–Crippen LogP) is 1.39. The van der Waals surface area contributed by atoms with Gasteiger partial charge in [0.1, 0.15) is 0 Å². The number of nitrogens with zero attached hydrogens (tertiary/aromatic N) is 3. The average Bonchev–Trinajstić information content (AvgIpc) is 2.59. The number of nitrogens with one attached hydrogen (secondary N) is 1. The van der Waals surface area contributed by atoms with E-state index in [1.807, 2.05) is 24.3 Å². The number of piperidine rings is 1. The van der Waals surface area contributed by atoms with Crippen molar-refractivity contribution in [1.82, 2.24) is 9.97 Å². The summed E-state index contributed by atoms with van der Waals surface area (Å²) in [7, 11) is 0. The Morgan fingerprint density at radius 2 is 1.77 bits per heavy atom. The predicted molar refractivity (Wildman–Crippen MR) is 87.2 cm³/mol. The lowest BCUT2D eigenvalue weighted by atomic mass is 10.1. The molecule has 22 heavy (non-hydrogen) atoms. The molecule has 0 saturated carbocycles. The van der Waals surface area contributed by atoms with E-state index in [4.69, 9.17) is 10.1 Å². The Labute approximate surface area is 129 Å². The van der Waals surface area contributed by atoms with Crippen molar-refractivity contribution >= 4 is 22.7 Å². The molecule has 6 heteroatoms. The third-order valence-corrected chi connectivity index (χ3v) is 3.92. The van der Waals surface area contributed by atoms with E-state index >= 15 is 0 Å². The molecule has 0 bridgehead atoms. The van der Waals surface area contributed by atoms with Crippen molar-refractivity contribution in [1.29, 1.82) is 0 Å². The Bertz CT molecular complexity index is 629. The Morgan fingerprint density at radius 1 is 1.09 bits per heavy atom. The van der Waals surface area contributed by atoms with Crippen LogP contribution in [-0.2, 0) is 0 Å². The number of rotatable bonds is 5. The standard InChI is InChI=1S/C16H22N4O2/c21-11-12(22)10-17-15-16(20-8-4-1-5-9-20)19-14-7-3-2-6-13(14)18-15/h2-3,6-7,12,21-22H,1,4-5,8-11H2,(H,17,18). The summed E-state index contributed by atoms with van der Waals surface area (Å²) < 4.78 is 0. The van der Waals surface area contributed by atoms with Crippen LogP contribution in [0.1, 0.15) is 19.3 Å². The van der Waals surface area contributed by atoms with Crippen LogP contribution in [0, 0.1) is 0 Å². The summed E-state index contributed by atoms with van der Waals surface area (Å²) >= 11 is 0. The first-order valence-corrected chi connectivity index (χ1v) is 7.82. The first kappa shape index (κ1) is 15.0. The molecule has 1 unspecified atom stereocenters. The number of benzene rings is 1. The molecule has 1 aliphatic rings. The van der Waals surface area contributed by atoms with Crippen molar-refractivity contribution in [2.24, 2.45) is 0 Å². The van der Waals surface area contributed by atoms with Crippen LogP contribution in [0.3, 0.4) is 0 Å². The van der Waals surface area contributed by atoms with Crippen LogP contribution >= 0.6 is 0 Å². The van der Waals surface area contributed by atoms with Crippen LogP contribution in [0.15, 0.2) is 24.3 Å². The minimum absolute atomic E-state index is 0.254. The molecule has 1 fully saturated rings. The number of aliphatic hydroxyl groups is 2. The molecule has 1 aromatic heterocycles. The Morgan fingerprint density at radius 3 is 2.45 bits per heavy atom. The first-order chi connectivity index (χ1) is 10.8. The molecular formula is C16H22N4O2. The number of anilines is 2. The van der Waals surface area contributed by atoms with E-state index in [0.717, 1.165) is 42.8 Å². The number of aromatic nitrogens is 2. The van der Waals surface area contributed by atoms with Gasteiger partial charge < -0.3 is 20.4 Å². The van der Waals surface area contributed by atoms with Crippen LogP contribution < -0.4 is 10.2 Å².